The van der Waals surface area contributed by atoms with Gasteiger partial charge in [-0.3, -0.25) is 0 Å². The van der Waals surface area contributed by atoms with E-state index < -0.39 is 0 Å². The summed E-state index contributed by atoms with van der Waals surface area (Å²) in [5.74, 6) is 0.734. The van der Waals surface area contributed by atoms with Gasteiger partial charge >= 0.3 is 0 Å². The lowest BCUT2D eigenvalue weighted by Crippen LogP contribution is -2.17. The normalized spacial score (nSPS) is 12.9. The minimum Gasteiger partial charge on any atom is -0.379 e. The topological polar surface area (TPSA) is 30.5 Å². The molecule has 0 amide bonds. The molecule has 0 aliphatic carbocycles. The zero-order valence-corrected chi connectivity index (χ0v) is 11.3. The molecule has 3 heteroatoms. The Balaban J connectivity index is 3.20. The van der Waals surface area contributed by atoms with Crippen LogP contribution in [0.4, 0.5) is 0 Å². The van der Waals surface area contributed by atoms with Crippen LogP contribution in [0.2, 0.25) is 0 Å². The van der Waals surface area contributed by atoms with Gasteiger partial charge in [0.1, 0.15) is 0 Å². The van der Waals surface area contributed by atoms with Gasteiger partial charge in [-0.25, -0.2) is 0 Å². The molecule has 0 aliphatic heterocycles. The van der Waals surface area contributed by atoms with Crippen LogP contribution in [0.15, 0.2) is 0 Å². The van der Waals surface area contributed by atoms with Gasteiger partial charge in [0, 0.05) is 13.2 Å². The van der Waals surface area contributed by atoms with Gasteiger partial charge in [0.05, 0.1) is 19.8 Å². The van der Waals surface area contributed by atoms with Gasteiger partial charge in [-0.15, -0.1) is 0 Å². The molecule has 3 nitrogen and oxygen atoms in total. The van der Waals surface area contributed by atoms with Crippen LogP contribution in [0.5, 0.6) is 0 Å². The van der Waals surface area contributed by atoms with Crippen molar-refractivity contribution >= 4 is 0 Å². The van der Waals surface area contributed by atoms with Gasteiger partial charge in [0.2, 0.25) is 0 Å². The van der Waals surface area contributed by atoms with Crippen LogP contribution in [0.25, 0.3) is 0 Å². The lowest BCUT2D eigenvalue weighted by Gasteiger charge is -2.14. The molecule has 0 aromatic carbocycles. The first-order valence-corrected chi connectivity index (χ1v) is 6.65. The number of hydrogen-bond donors (Lipinski definition) is 1. The van der Waals surface area contributed by atoms with E-state index in [1.165, 1.54) is 25.7 Å². The summed E-state index contributed by atoms with van der Waals surface area (Å²) in [6.07, 6.45) is 5.12. The van der Waals surface area contributed by atoms with Crippen LogP contribution in [-0.4, -0.2) is 40.0 Å². The molecule has 98 valence electrons. The fraction of sp³-hybridized carbons (Fsp3) is 1.00. The van der Waals surface area contributed by atoms with E-state index in [1.54, 1.807) is 0 Å². The molecule has 1 unspecified atom stereocenters. The average molecular weight is 231 g/mol. The quantitative estimate of drug-likeness (QED) is 0.523. The molecule has 0 aliphatic rings. The molecule has 0 saturated heterocycles. The largest absolute Gasteiger partial charge is 0.379 e. The van der Waals surface area contributed by atoms with Crippen molar-refractivity contribution in [1.29, 1.82) is 0 Å². The highest BCUT2D eigenvalue weighted by molar-refractivity contribution is 4.55. The zero-order valence-electron chi connectivity index (χ0n) is 11.3. The monoisotopic (exact) mass is 231 g/mol. The predicted octanol–water partition coefficient (Wildman–Crippen LogP) is 2.46. The number of likely N-dealkylation sites (N-methyl/N-ethyl adjacent to an activating group) is 1. The summed E-state index contributed by atoms with van der Waals surface area (Å²) in [5, 5.41) is 3.04. The number of unbranched alkanes of at least 4 members (excludes halogenated alkanes) is 1. The first kappa shape index (κ1) is 15.9. The van der Waals surface area contributed by atoms with E-state index in [9.17, 15) is 0 Å². The van der Waals surface area contributed by atoms with Crippen molar-refractivity contribution in [3.8, 4) is 0 Å². The van der Waals surface area contributed by atoms with Crippen LogP contribution in [0.3, 0.4) is 0 Å². The van der Waals surface area contributed by atoms with E-state index in [2.05, 4.69) is 19.2 Å². The van der Waals surface area contributed by atoms with Crippen molar-refractivity contribution in [3.63, 3.8) is 0 Å². The number of ether oxygens (including phenoxy) is 2. The minimum absolute atomic E-state index is 0.714. The van der Waals surface area contributed by atoms with Crippen molar-refractivity contribution < 1.29 is 9.47 Å². The molecule has 0 aromatic heterocycles. The van der Waals surface area contributed by atoms with Gasteiger partial charge in [0.15, 0.2) is 0 Å². The van der Waals surface area contributed by atoms with Gasteiger partial charge in [-0.05, 0) is 19.4 Å². The molecule has 0 radical (unpaired) electrons. The van der Waals surface area contributed by atoms with Crippen LogP contribution < -0.4 is 5.32 Å². The van der Waals surface area contributed by atoms with Crippen molar-refractivity contribution in [3.05, 3.63) is 0 Å². The molecule has 0 bridgehead atoms. The summed E-state index contributed by atoms with van der Waals surface area (Å²) >= 11 is 0. The first-order valence-electron chi connectivity index (χ1n) is 6.65. The Bertz CT molecular complexity index is 131. The van der Waals surface area contributed by atoms with E-state index in [0.29, 0.717) is 6.61 Å². The van der Waals surface area contributed by atoms with Crippen LogP contribution >= 0.6 is 0 Å². The Morgan fingerprint density at radius 1 is 1.06 bits per heavy atom. The SMILES string of the molecule is CCCCC(CC)COCCOCCNC. The lowest BCUT2D eigenvalue weighted by atomic mass is 10.0. The van der Waals surface area contributed by atoms with Crippen LogP contribution in [0, 0.1) is 5.92 Å². The highest BCUT2D eigenvalue weighted by atomic mass is 16.5. The van der Waals surface area contributed by atoms with Crippen molar-refractivity contribution in [2.24, 2.45) is 5.92 Å². The second kappa shape index (κ2) is 12.9. The van der Waals surface area contributed by atoms with Gasteiger partial charge in [-0.1, -0.05) is 33.1 Å². The van der Waals surface area contributed by atoms with E-state index in [-0.39, 0.29) is 0 Å². The molecular formula is C13H29NO2. The summed E-state index contributed by atoms with van der Waals surface area (Å²) < 4.78 is 11.0. The number of nitrogens with one attached hydrogen (secondary N) is 1. The van der Waals surface area contributed by atoms with E-state index in [0.717, 1.165) is 32.3 Å². The summed E-state index contributed by atoms with van der Waals surface area (Å²) in [6.45, 7) is 8.50. The third-order valence-corrected chi connectivity index (χ3v) is 2.77. The molecule has 0 spiro atoms. The fourth-order valence-corrected chi connectivity index (χ4v) is 1.54. The lowest BCUT2D eigenvalue weighted by molar-refractivity contribution is 0.0324. The van der Waals surface area contributed by atoms with Crippen LogP contribution in [0.1, 0.15) is 39.5 Å². The third kappa shape index (κ3) is 10.4. The summed E-state index contributed by atoms with van der Waals surface area (Å²) in [4.78, 5) is 0. The maximum atomic E-state index is 5.62. The molecular weight excluding hydrogens is 202 g/mol. The average Bonchev–Trinajstić information content (AvgIpc) is 2.32. The van der Waals surface area contributed by atoms with Gasteiger partial charge in [-0.2, -0.15) is 0 Å². The van der Waals surface area contributed by atoms with Gasteiger partial charge in [0.25, 0.3) is 0 Å². The zero-order chi connectivity index (χ0) is 12.1. The van der Waals surface area contributed by atoms with Crippen molar-refractivity contribution in [2.75, 3.05) is 40.0 Å². The molecule has 0 fully saturated rings. The van der Waals surface area contributed by atoms with E-state index in [4.69, 9.17) is 9.47 Å². The maximum absolute atomic E-state index is 5.62. The van der Waals surface area contributed by atoms with Crippen LogP contribution in [-0.2, 0) is 9.47 Å². The fourth-order valence-electron chi connectivity index (χ4n) is 1.54. The first-order chi connectivity index (χ1) is 7.85. The molecule has 0 saturated carbocycles. The molecule has 0 aromatic rings. The second-order valence-electron chi connectivity index (χ2n) is 4.21. The molecule has 1 atom stereocenters. The Kier molecular flexibility index (Phi) is 12.9. The third-order valence-electron chi connectivity index (χ3n) is 2.77. The predicted molar refractivity (Wildman–Crippen MR) is 68.9 cm³/mol. The Morgan fingerprint density at radius 3 is 2.44 bits per heavy atom. The van der Waals surface area contributed by atoms with E-state index >= 15 is 0 Å². The summed E-state index contributed by atoms with van der Waals surface area (Å²) in [7, 11) is 1.93. The van der Waals surface area contributed by atoms with Crippen molar-refractivity contribution in [2.45, 2.75) is 39.5 Å². The molecule has 1 N–H and O–H groups in total. The Labute approximate surface area is 101 Å². The van der Waals surface area contributed by atoms with E-state index in [1.807, 2.05) is 7.05 Å². The highest BCUT2D eigenvalue weighted by Crippen LogP contribution is 2.12. The standard InChI is InChI=1S/C13H29NO2/c1-4-6-7-13(5-2)12-16-11-10-15-9-8-14-3/h13-14H,4-12H2,1-3H3. The molecule has 16 heavy (non-hydrogen) atoms. The smallest absolute Gasteiger partial charge is 0.0701 e. The van der Waals surface area contributed by atoms with Gasteiger partial charge < -0.3 is 14.8 Å². The Morgan fingerprint density at radius 2 is 1.81 bits per heavy atom. The maximum Gasteiger partial charge on any atom is 0.0701 e. The number of rotatable bonds is 12. The second-order valence-corrected chi connectivity index (χ2v) is 4.21. The Hall–Kier alpha value is -0.120. The summed E-state index contributed by atoms with van der Waals surface area (Å²) in [5.41, 5.74) is 0. The van der Waals surface area contributed by atoms with Crippen molar-refractivity contribution in [1.82, 2.24) is 5.32 Å². The molecule has 0 heterocycles. The molecule has 0 rings (SSSR count). The number of hydrogen-bond acceptors (Lipinski definition) is 3. The summed E-state index contributed by atoms with van der Waals surface area (Å²) in [6, 6.07) is 0. The highest BCUT2D eigenvalue weighted by Gasteiger charge is 2.05. The minimum atomic E-state index is 0.714.